The molecule has 0 bridgehead atoms. The number of para-hydroxylation sites is 1. The van der Waals surface area contributed by atoms with Crippen molar-refractivity contribution in [2.75, 3.05) is 25.5 Å². The van der Waals surface area contributed by atoms with E-state index in [1.807, 2.05) is 71.2 Å². The van der Waals surface area contributed by atoms with Gasteiger partial charge in [-0.25, -0.2) is 14.6 Å². The molecule has 172 valence electrons. The van der Waals surface area contributed by atoms with Crippen LogP contribution in [-0.2, 0) is 4.79 Å². The Bertz CT molecular complexity index is 1320. The molecule has 2 aromatic heterocycles. The van der Waals surface area contributed by atoms with Crippen molar-refractivity contribution in [3.63, 3.8) is 0 Å². The lowest BCUT2D eigenvalue weighted by Crippen LogP contribution is -2.40. The van der Waals surface area contributed by atoms with Gasteiger partial charge in [0, 0.05) is 25.7 Å². The third-order valence-corrected chi connectivity index (χ3v) is 6.06. The van der Waals surface area contributed by atoms with Crippen LogP contribution in [0, 0.1) is 0 Å². The van der Waals surface area contributed by atoms with Gasteiger partial charge in [0.05, 0.1) is 11.4 Å². The number of benzene rings is 2. The van der Waals surface area contributed by atoms with Gasteiger partial charge in [-0.05, 0) is 55.3 Å². The van der Waals surface area contributed by atoms with Crippen LogP contribution in [0.2, 0.25) is 0 Å². The second kappa shape index (κ2) is 9.35. The van der Waals surface area contributed by atoms with Crippen LogP contribution in [0.25, 0.3) is 22.3 Å². The maximum Gasteiger partial charge on any atom is 0.246 e. The first-order valence-corrected chi connectivity index (χ1v) is 11.3. The third-order valence-electron chi connectivity index (χ3n) is 6.06. The molecule has 0 radical (unpaired) electrons. The van der Waals surface area contributed by atoms with Gasteiger partial charge in [-0.1, -0.05) is 24.8 Å². The zero-order valence-corrected chi connectivity index (χ0v) is 19.0. The second-order valence-corrected chi connectivity index (χ2v) is 8.19. The Labute approximate surface area is 197 Å². The van der Waals surface area contributed by atoms with E-state index in [1.54, 1.807) is 6.33 Å². The topological polar surface area (TPSA) is 85.2 Å². The molecular weight excluding hydrogens is 428 g/mol. The molecule has 2 aromatic carbocycles. The van der Waals surface area contributed by atoms with Gasteiger partial charge in [0.15, 0.2) is 5.65 Å². The van der Waals surface area contributed by atoms with Crippen LogP contribution in [0.3, 0.4) is 0 Å². The molecule has 34 heavy (non-hydrogen) atoms. The van der Waals surface area contributed by atoms with Crippen molar-refractivity contribution in [3.05, 3.63) is 73.6 Å². The Morgan fingerprint density at radius 3 is 2.62 bits per heavy atom. The van der Waals surface area contributed by atoms with E-state index < -0.39 is 0 Å². The standard InChI is InChI=1S/C26H26N6O2/c1-3-22(33)31-15-7-8-19(16-31)32-26-23(25(27-2)28-17-29-26)24(30-32)18-11-13-21(14-12-18)34-20-9-5-4-6-10-20/h3-6,9-14,17,19H,1,7-8,15-16H2,2H3,(H,27,28,29). The van der Waals surface area contributed by atoms with Crippen LogP contribution < -0.4 is 10.1 Å². The first-order chi connectivity index (χ1) is 16.7. The largest absolute Gasteiger partial charge is 0.457 e. The van der Waals surface area contributed by atoms with E-state index in [9.17, 15) is 4.79 Å². The second-order valence-electron chi connectivity index (χ2n) is 8.19. The molecular formula is C26H26N6O2. The highest BCUT2D eigenvalue weighted by Gasteiger charge is 2.28. The van der Waals surface area contributed by atoms with Gasteiger partial charge in [0.25, 0.3) is 0 Å². The summed E-state index contributed by atoms with van der Waals surface area (Å²) in [4.78, 5) is 23.0. The minimum atomic E-state index is -0.0547. The van der Waals surface area contributed by atoms with Crippen molar-refractivity contribution in [1.29, 1.82) is 0 Å². The number of rotatable bonds is 6. The molecule has 4 aromatic rings. The molecule has 1 amide bonds. The molecule has 0 saturated carbocycles. The van der Waals surface area contributed by atoms with Crippen LogP contribution >= 0.6 is 0 Å². The van der Waals surface area contributed by atoms with Crippen molar-refractivity contribution in [1.82, 2.24) is 24.6 Å². The Balaban J connectivity index is 1.52. The van der Waals surface area contributed by atoms with Crippen molar-refractivity contribution < 1.29 is 9.53 Å². The fraction of sp³-hybridized carbons (Fsp3) is 0.231. The van der Waals surface area contributed by atoms with E-state index in [2.05, 4.69) is 21.9 Å². The van der Waals surface area contributed by atoms with Crippen molar-refractivity contribution in [3.8, 4) is 22.8 Å². The molecule has 0 spiro atoms. The van der Waals surface area contributed by atoms with Gasteiger partial charge in [0.1, 0.15) is 29.3 Å². The van der Waals surface area contributed by atoms with Crippen LogP contribution in [0.4, 0.5) is 5.82 Å². The maximum atomic E-state index is 12.2. The summed E-state index contributed by atoms with van der Waals surface area (Å²) in [5.41, 5.74) is 2.47. The van der Waals surface area contributed by atoms with Crippen LogP contribution in [0.15, 0.2) is 73.6 Å². The highest BCUT2D eigenvalue weighted by molar-refractivity contribution is 5.99. The minimum absolute atomic E-state index is 0.0224. The Kier molecular flexibility index (Phi) is 5.95. The molecule has 3 heterocycles. The number of nitrogens with one attached hydrogen (secondary N) is 1. The van der Waals surface area contributed by atoms with E-state index in [0.29, 0.717) is 12.4 Å². The number of carbonyl (C=O) groups is 1. The first-order valence-electron chi connectivity index (χ1n) is 11.3. The summed E-state index contributed by atoms with van der Waals surface area (Å²) in [6.07, 6.45) is 4.73. The number of ether oxygens (including phenoxy) is 1. The molecule has 0 aliphatic carbocycles. The van der Waals surface area contributed by atoms with E-state index in [4.69, 9.17) is 9.84 Å². The number of anilines is 1. The molecule has 1 aliphatic heterocycles. The molecule has 1 unspecified atom stereocenters. The highest BCUT2D eigenvalue weighted by atomic mass is 16.5. The van der Waals surface area contributed by atoms with Crippen molar-refractivity contribution in [2.24, 2.45) is 0 Å². The molecule has 1 atom stereocenters. The lowest BCUT2D eigenvalue weighted by atomic mass is 10.1. The predicted molar refractivity (Wildman–Crippen MR) is 132 cm³/mol. The van der Waals surface area contributed by atoms with Crippen LogP contribution in [0.1, 0.15) is 18.9 Å². The SMILES string of the molecule is C=CC(=O)N1CCCC(n2nc(-c3ccc(Oc4ccccc4)cc3)c3c(NC)ncnc32)C1. The zero-order chi connectivity index (χ0) is 23.5. The number of likely N-dealkylation sites (tertiary alicyclic amines) is 1. The summed E-state index contributed by atoms with van der Waals surface area (Å²) in [6.45, 7) is 4.93. The van der Waals surface area contributed by atoms with E-state index in [0.717, 1.165) is 53.2 Å². The number of nitrogens with zero attached hydrogens (tertiary/aromatic N) is 5. The normalized spacial score (nSPS) is 15.8. The molecule has 1 aliphatic rings. The summed E-state index contributed by atoms with van der Waals surface area (Å²) in [5.74, 6) is 2.19. The smallest absolute Gasteiger partial charge is 0.246 e. The lowest BCUT2D eigenvalue weighted by molar-refractivity contribution is -0.127. The van der Waals surface area contributed by atoms with Gasteiger partial charge in [-0.15, -0.1) is 0 Å². The molecule has 1 N–H and O–H groups in total. The molecule has 8 heteroatoms. The number of piperidine rings is 1. The molecule has 1 fully saturated rings. The van der Waals surface area contributed by atoms with Crippen molar-refractivity contribution >= 4 is 22.8 Å². The third kappa shape index (κ3) is 4.10. The number of fused-ring (bicyclic) bond motifs is 1. The Morgan fingerprint density at radius 2 is 1.88 bits per heavy atom. The van der Waals surface area contributed by atoms with Crippen LogP contribution in [-0.4, -0.2) is 50.7 Å². The quantitative estimate of drug-likeness (QED) is 0.426. The highest BCUT2D eigenvalue weighted by Crippen LogP contribution is 2.35. The van der Waals surface area contributed by atoms with Crippen LogP contribution in [0.5, 0.6) is 11.5 Å². The van der Waals surface area contributed by atoms with Crippen molar-refractivity contribution in [2.45, 2.75) is 18.9 Å². The summed E-state index contributed by atoms with van der Waals surface area (Å²) in [6, 6.07) is 17.5. The number of hydrogen-bond acceptors (Lipinski definition) is 6. The minimum Gasteiger partial charge on any atom is -0.457 e. The van der Waals surface area contributed by atoms with Gasteiger partial charge < -0.3 is 15.0 Å². The number of carbonyl (C=O) groups excluding carboxylic acids is 1. The zero-order valence-electron chi connectivity index (χ0n) is 19.0. The fourth-order valence-corrected chi connectivity index (χ4v) is 4.41. The van der Waals surface area contributed by atoms with E-state index in [-0.39, 0.29) is 11.9 Å². The van der Waals surface area contributed by atoms with E-state index in [1.165, 1.54) is 6.08 Å². The average Bonchev–Trinajstić information content (AvgIpc) is 3.29. The van der Waals surface area contributed by atoms with Gasteiger partial charge in [-0.2, -0.15) is 5.10 Å². The van der Waals surface area contributed by atoms with Gasteiger partial charge >= 0.3 is 0 Å². The summed E-state index contributed by atoms with van der Waals surface area (Å²) in [5, 5.41) is 9.02. The Hall–Kier alpha value is -4.20. The monoisotopic (exact) mass is 454 g/mol. The van der Waals surface area contributed by atoms with Gasteiger partial charge in [-0.3, -0.25) is 4.79 Å². The average molecular weight is 455 g/mol. The molecule has 5 rings (SSSR count). The molecule has 8 nitrogen and oxygen atoms in total. The number of amides is 1. The summed E-state index contributed by atoms with van der Waals surface area (Å²) >= 11 is 0. The molecule has 1 saturated heterocycles. The lowest BCUT2D eigenvalue weighted by Gasteiger charge is -2.32. The number of aromatic nitrogens is 4. The van der Waals surface area contributed by atoms with Gasteiger partial charge in [0.2, 0.25) is 5.91 Å². The predicted octanol–water partition coefficient (Wildman–Crippen LogP) is 4.68. The Morgan fingerprint density at radius 1 is 1.12 bits per heavy atom. The summed E-state index contributed by atoms with van der Waals surface area (Å²) < 4.78 is 7.89. The first kappa shape index (κ1) is 21.6. The number of hydrogen-bond donors (Lipinski definition) is 1. The maximum absolute atomic E-state index is 12.2. The van der Waals surface area contributed by atoms with E-state index >= 15 is 0 Å². The summed E-state index contributed by atoms with van der Waals surface area (Å²) in [7, 11) is 1.84. The fourth-order valence-electron chi connectivity index (χ4n) is 4.41.